The molecule has 1 aliphatic rings. The van der Waals surface area contributed by atoms with Gasteiger partial charge in [-0.1, -0.05) is 45.0 Å². The van der Waals surface area contributed by atoms with E-state index in [1.807, 2.05) is 0 Å². The Kier molecular flexibility index (Phi) is 7.33. The van der Waals surface area contributed by atoms with E-state index in [-0.39, 0.29) is 29.8 Å². The molecule has 4 nitrogen and oxygen atoms in total. The van der Waals surface area contributed by atoms with E-state index in [9.17, 15) is 4.79 Å². The number of morpholine rings is 1. The Balaban J connectivity index is 0.00000242. The number of ether oxygens (including phenoxy) is 1. The van der Waals surface area contributed by atoms with E-state index in [1.165, 1.54) is 11.1 Å². The van der Waals surface area contributed by atoms with Gasteiger partial charge in [-0.2, -0.15) is 0 Å². The van der Waals surface area contributed by atoms with Crippen LogP contribution in [0, 0.1) is 0 Å². The van der Waals surface area contributed by atoms with Crippen LogP contribution in [0.3, 0.4) is 0 Å². The Morgan fingerprint density at radius 1 is 1.36 bits per heavy atom. The molecule has 1 aromatic carbocycles. The highest BCUT2D eigenvalue weighted by Gasteiger charge is 2.25. The molecule has 1 aliphatic heterocycles. The van der Waals surface area contributed by atoms with E-state index in [4.69, 9.17) is 4.74 Å². The van der Waals surface area contributed by atoms with Crippen LogP contribution in [0.1, 0.15) is 31.9 Å². The number of amides is 1. The summed E-state index contributed by atoms with van der Waals surface area (Å²) < 4.78 is 5.32. The Hall–Kier alpha value is -1.10. The van der Waals surface area contributed by atoms with Gasteiger partial charge in [0, 0.05) is 18.5 Å². The van der Waals surface area contributed by atoms with Crippen LogP contribution in [0.5, 0.6) is 0 Å². The van der Waals surface area contributed by atoms with Gasteiger partial charge in [0.2, 0.25) is 5.91 Å². The number of benzene rings is 1. The summed E-state index contributed by atoms with van der Waals surface area (Å²) in [6.07, 6.45) is 1.05. The molecule has 22 heavy (non-hydrogen) atoms. The average Bonchev–Trinajstić information content (AvgIpc) is 2.53. The lowest BCUT2D eigenvalue weighted by atomic mass is 9.84. The molecule has 0 saturated carbocycles. The van der Waals surface area contributed by atoms with Gasteiger partial charge >= 0.3 is 0 Å². The van der Waals surface area contributed by atoms with Gasteiger partial charge < -0.3 is 15.4 Å². The van der Waals surface area contributed by atoms with E-state index < -0.39 is 0 Å². The fraction of sp³-hybridized carbons (Fsp3) is 0.588. The Bertz CT molecular complexity index is 468. The Labute approximate surface area is 139 Å². The van der Waals surface area contributed by atoms with Crippen LogP contribution in [0.15, 0.2) is 24.3 Å². The highest BCUT2D eigenvalue weighted by Crippen LogP contribution is 2.22. The van der Waals surface area contributed by atoms with Crippen molar-refractivity contribution in [3.8, 4) is 0 Å². The molecule has 0 spiro atoms. The second-order valence-electron chi connectivity index (χ2n) is 6.23. The second kappa shape index (κ2) is 8.51. The molecule has 0 bridgehead atoms. The standard InChI is InChI=1S/C17H26N2O2.ClH/c1-4-13-5-7-14(8-6-13)17(2,3)12-19-16(20)15-11-21-10-9-18-15;/h5-8,15,18H,4,9-12H2,1-3H3,(H,19,20);1H. The molecule has 2 N–H and O–H groups in total. The molecule has 1 saturated heterocycles. The van der Waals surface area contributed by atoms with Crippen LogP contribution in [0.4, 0.5) is 0 Å². The lowest BCUT2D eigenvalue weighted by molar-refractivity contribution is -0.126. The van der Waals surface area contributed by atoms with Gasteiger partial charge in [-0.3, -0.25) is 4.79 Å². The lowest BCUT2D eigenvalue weighted by Crippen LogP contribution is -2.52. The van der Waals surface area contributed by atoms with Crippen LogP contribution in [-0.4, -0.2) is 38.3 Å². The summed E-state index contributed by atoms with van der Waals surface area (Å²) in [5.41, 5.74) is 2.49. The summed E-state index contributed by atoms with van der Waals surface area (Å²) in [5, 5.41) is 6.21. The zero-order valence-electron chi connectivity index (χ0n) is 13.6. The third-order valence-corrected chi connectivity index (χ3v) is 4.09. The minimum atomic E-state index is -0.225. The zero-order chi connectivity index (χ0) is 15.3. The number of carbonyl (C=O) groups excluding carboxylic acids is 1. The normalized spacial score (nSPS) is 18.4. The maximum atomic E-state index is 12.1. The maximum Gasteiger partial charge on any atom is 0.239 e. The molecule has 1 heterocycles. The fourth-order valence-corrected chi connectivity index (χ4v) is 2.46. The minimum Gasteiger partial charge on any atom is -0.378 e. The van der Waals surface area contributed by atoms with Crippen LogP contribution in [0.25, 0.3) is 0 Å². The molecule has 5 heteroatoms. The first-order chi connectivity index (χ1) is 10.0. The van der Waals surface area contributed by atoms with Crippen molar-refractivity contribution in [2.75, 3.05) is 26.3 Å². The third kappa shape index (κ3) is 4.97. The number of halogens is 1. The maximum absolute atomic E-state index is 12.1. The van der Waals surface area contributed by atoms with Gasteiger partial charge in [0.25, 0.3) is 0 Å². The number of rotatable bonds is 5. The van der Waals surface area contributed by atoms with Gasteiger partial charge in [-0.15, -0.1) is 12.4 Å². The topological polar surface area (TPSA) is 50.4 Å². The van der Waals surface area contributed by atoms with Crippen molar-refractivity contribution in [3.05, 3.63) is 35.4 Å². The smallest absolute Gasteiger partial charge is 0.239 e. The molecule has 1 atom stereocenters. The molecule has 0 radical (unpaired) electrons. The van der Waals surface area contributed by atoms with E-state index >= 15 is 0 Å². The predicted molar refractivity (Wildman–Crippen MR) is 91.7 cm³/mol. The minimum absolute atomic E-state index is 0. The van der Waals surface area contributed by atoms with Crippen LogP contribution < -0.4 is 10.6 Å². The van der Waals surface area contributed by atoms with Crippen molar-refractivity contribution < 1.29 is 9.53 Å². The Morgan fingerprint density at radius 2 is 2.05 bits per heavy atom. The van der Waals surface area contributed by atoms with Gasteiger partial charge in [0.15, 0.2) is 0 Å². The number of hydrogen-bond acceptors (Lipinski definition) is 3. The molecule has 1 aromatic rings. The Morgan fingerprint density at radius 3 is 2.59 bits per heavy atom. The van der Waals surface area contributed by atoms with Crippen LogP contribution in [0.2, 0.25) is 0 Å². The molecule has 1 unspecified atom stereocenters. The summed E-state index contributed by atoms with van der Waals surface area (Å²) in [5.74, 6) is 0.0213. The first-order valence-corrected chi connectivity index (χ1v) is 7.71. The van der Waals surface area contributed by atoms with Crippen LogP contribution >= 0.6 is 12.4 Å². The molecule has 0 aliphatic carbocycles. The predicted octanol–water partition coefficient (Wildman–Crippen LogP) is 2.05. The van der Waals surface area contributed by atoms with Crippen molar-refractivity contribution in [1.82, 2.24) is 10.6 Å². The van der Waals surface area contributed by atoms with E-state index in [2.05, 4.69) is 55.7 Å². The number of aryl methyl sites for hydroxylation is 1. The van der Waals surface area contributed by atoms with Crippen molar-refractivity contribution in [2.45, 2.75) is 38.6 Å². The largest absolute Gasteiger partial charge is 0.378 e. The highest BCUT2D eigenvalue weighted by molar-refractivity contribution is 5.85. The average molecular weight is 327 g/mol. The molecule has 1 fully saturated rings. The molecule has 0 aromatic heterocycles. The summed E-state index contributed by atoms with van der Waals surface area (Å²) in [6.45, 7) is 8.95. The van der Waals surface area contributed by atoms with Gasteiger partial charge in [0.05, 0.1) is 13.2 Å². The van der Waals surface area contributed by atoms with E-state index in [1.54, 1.807) is 0 Å². The quantitative estimate of drug-likeness (QED) is 0.870. The first-order valence-electron chi connectivity index (χ1n) is 7.71. The van der Waals surface area contributed by atoms with Crippen LogP contribution in [-0.2, 0) is 21.4 Å². The zero-order valence-corrected chi connectivity index (χ0v) is 14.5. The molecule has 1 amide bonds. The third-order valence-electron chi connectivity index (χ3n) is 4.09. The van der Waals surface area contributed by atoms with Crippen molar-refractivity contribution in [1.29, 1.82) is 0 Å². The molecular formula is C17H27ClN2O2. The van der Waals surface area contributed by atoms with Gasteiger partial charge in [0.1, 0.15) is 6.04 Å². The van der Waals surface area contributed by atoms with E-state index in [0.717, 1.165) is 13.0 Å². The number of carbonyl (C=O) groups is 1. The molecule has 124 valence electrons. The van der Waals surface area contributed by atoms with Crippen molar-refractivity contribution in [3.63, 3.8) is 0 Å². The van der Waals surface area contributed by atoms with E-state index in [0.29, 0.717) is 19.8 Å². The monoisotopic (exact) mass is 326 g/mol. The van der Waals surface area contributed by atoms with Gasteiger partial charge in [-0.25, -0.2) is 0 Å². The van der Waals surface area contributed by atoms with Gasteiger partial charge in [-0.05, 0) is 17.5 Å². The highest BCUT2D eigenvalue weighted by atomic mass is 35.5. The van der Waals surface area contributed by atoms with Crippen molar-refractivity contribution >= 4 is 18.3 Å². The second-order valence-corrected chi connectivity index (χ2v) is 6.23. The summed E-state index contributed by atoms with van der Waals surface area (Å²) in [6, 6.07) is 8.42. The SMILES string of the molecule is CCc1ccc(C(C)(C)CNC(=O)C2COCCN2)cc1.Cl. The fourth-order valence-electron chi connectivity index (χ4n) is 2.46. The lowest BCUT2D eigenvalue weighted by Gasteiger charge is -2.28. The summed E-state index contributed by atoms with van der Waals surface area (Å²) >= 11 is 0. The molecular weight excluding hydrogens is 300 g/mol. The first kappa shape index (κ1) is 18.9. The number of nitrogens with one attached hydrogen (secondary N) is 2. The number of hydrogen-bond donors (Lipinski definition) is 2. The molecule has 2 rings (SSSR count). The van der Waals surface area contributed by atoms with Crippen molar-refractivity contribution in [2.24, 2.45) is 0 Å². The summed E-state index contributed by atoms with van der Waals surface area (Å²) in [7, 11) is 0. The summed E-state index contributed by atoms with van der Waals surface area (Å²) in [4.78, 5) is 12.1.